The van der Waals surface area contributed by atoms with Crippen LogP contribution in [0.2, 0.25) is 0 Å². The van der Waals surface area contributed by atoms with Crippen LogP contribution in [0.15, 0.2) is 24.3 Å². The van der Waals surface area contributed by atoms with Crippen molar-refractivity contribution in [3.8, 4) is 0 Å². The zero-order valence-electron chi connectivity index (χ0n) is 15.7. The molecule has 1 fully saturated rings. The van der Waals surface area contributed by atoms with E-state index >= 15 is 0 Å². The van der Waals surface area contributed by atoms with Crippen molar-refractivity contribution >= 4 is 17.8 Å². The van der Waals surface area contributed by atoms with Gasteiger partial charge >= 0.3 is 6.03 Å². The number of unbranched alkanes of at least 4 members (excludes halogenated alkanes) is 1. The van der Waals surface area contributed by atoms with E-state index in [4.69, 9.17) is 4.74 Å². The van der Waals surface area contributed by atoms with E-state index in [1.165, 1.54) is 31.2 Å². The van der Waals surface area contributed by atoms with Gasteiger partial charge in [0, 0.05) is 19.8 Å². The van der Waals surface area contributed by atoms with Crippen LogP contribution >= 0.6 is 0 Å². The highest BCUT2D eigenvalue weighted by Gasteiger charge is 2.49. The highest BCUT2D eigenvalue weighted by Crippen LogP contribution is 2.28. The average molecular weight is 379 g/mol. The van der Waals surface area contributed by atoms with Crippen LogP contribution < -0.4 is 10.6 Å². The van der Waals surface area contributed by atoms with Gasteiger partial charge in [0.25, 0.3) is 5.91 Å². The predicted octanol–water partition coefficient (Wildman–Crippen LogP) is 1.92. The molecule has 0 saturated carbocycles. The Hall–Kier alpha value is -2.48. The van der Waals surface area contributed by atoms with Crippen molar-refractivity contribution in [1.82, 2.24) is 15.5 Å². The second-order valence-corrected chi connectivity index (χ2v) is 6.62. The van der Waals surface area contributed by atoms with Crippen LogP contribution in [-0.4, -0.2) is 49.0 Å². The van der Waals surface area contributed by atoms with Gasteiger partial charge in [0.1, 0.15) is 17.9 Å². The summed E-state index contributed by atoms with van der Waals surface area (Å²) in [6.45, 7) is 4.91. The summed E-state index contributed by atoms with van der Waals surface area (Å²) in [7, 11) is 0. The maximum Gasteiger partial charge on any atom is 0.325 e. The second-order valence-electron chi connectivity index (χ2n) is 6.62. The van der Waals surface area contributed by atoms with Crippen molar-refractivity contribution in [2.24, 2.45) is 0 Å². The summed E-state index contributed by atoms with van der Waals surface area (Å²) in [5.74, 6) is -1.40. The van der Waals surface area contributed by atoms with Crippen LogP contribution in [0.4, 0.5) is 9.18 Å². The first-order valence-corrected chi connectivity index (χ1v) is 9.13. The summed E-state index contributed by atoms with van der Waals surface area (Å²) in [5.41, 5.74) is -0.868. The summed E-state index contributed by atoms with van der Waals surface area (Å²) in [5, 5.41) is 5.26. The molecule has 27 heavy (non-hydrogen) atoms. The highest BCUT2D eigenvalue weighted by atomic mass is 19.1. The fourth-order valence-electron chi connectivity index (χ4n) is 2.77. The van der Waals surface area contributed by atoms with Crippen LogP contribution in [0.25, 0.3) is 0 Å². The summed E-state index contributed by atoms with van der Waals surface area (Å²) in [4.78, 5) is 37.8. The lowest BCUT2D eigenvalue weighted by Gasteiger charge is -2.22. The van der Waals surface area contributed by atoms with Crippen molar-refractivity contribution in [2.75, 3.05) is 26.3 Å². The van der Waals surface area contributed by atoms with Crippen LogP contribution in [-0.2, 0) is 19.9 Å². The lowest BCUT2D eigenvalue weighted by atomic mass is 9.92. The molecule has 0 spiro atoms. The van der Waals surface area contributed by atoms with Crippen molar-refractivity contribution in [2.45, 2.75) is 38.6 Å². The third-order valence-electron chi connectivity index (χ3n) is 4.43. The maximum atomic E-state index is 13.1. The molecule has 2 rings (SSSR count). The van der Waals surface area contributed by atoms with E-state index in [0.717, 1.165) is 17.7 Å². The summed E-state index contributed by atoms with van der Waals surface area (Å²) in [6.07, 6.45) is 2.73. The molecule has 7 nitrogen and oxygen atoms in total. The number of hydrogen-bond acceptors (Lipinski definition) is 4. The van der Waals surface area contributed by atoms with E-state index in [9.17, 15) is 18.8 Å². The first-order chi connectivity index (χ1) is 12.9. The molecule has 1 aromatic rings. The quantitative estimate of drug-likeness (QED) is 0.480. The lowest BCUT2D eigenvalue weighted by molar-refractivity contribution is -0.134. The van der Waals surface area contributed by atoms with Gasteiger partial charge in [-0.15, -0.1) is 0 Å². The number of ether oxygens (including phenoxy) is 1. The molecule has 0 radical (unpaired) electrons. The smallest absolute Gasteiger partial charge is 0.325 e. The Morgan fingerprint density at radius 3 is 2.56 bits per heavy atom. The zero-order chi connectivity index (χ0) is 19.9. The molecule has 1 aliphatic heterocycles. The van der Waals surface area contributed by atoms with Crippen LogP contribution in [0.5, 0.6) is 0 Å². The first kappa shape index (κ1) is 20.8. The Labute approximate surface area is 158 Å². The predicted molar refractivity (Wildman–Crippen MR) is 97.4 cm³/mol. The SMILES string of the molecule is CCCCOCCCNC(=O)CN1C(=O)NC(C)(c2ccc(F)cc2)C1=O. The number of carbonyl (C=O) groups excluding carboxylic acids is 3. The normalized spacial score (nSPS) is 19.3. The number of amides is 4. The van der Waals surface area contributed by atoms with E-state index in [0.29, 0.717) is 31.7 Å². The minimum Gasteiger partial charge on any atom is -0.381 e. The minimum absolute atomic E-state index is 0.363. The molecule has 1 aromatic carbocycles. The third-order valence-corrected chi connectivity index (χ3v) is 4.43. The topological polar surface area (TPSA) is 87.7 Å². The molecular weight excluding hydrogens is 353 g/mol. The van der Waals surface area contributed by atoms with Crippen molar-refractivity contribution in [1.29, 1.82) is 0 Å². The molecule has 0 bridgehead atoms. The van der Waals surface area contributed by atoms with Crippen LogP contribution in [0, 0.1) is 5.82 Å². The fraction of sp³-hybridized carbons (Fsp3) is 0.526. The van der Waals surface area contributed by atoms with Gasteiger partial charge < -0.3 is 15.4 Å². The Morgan fingerprint density at radius 2 is 1.89 bits per heavy atom. The maximum absolute atomic E-state index is 13.1. The Morgan fingerprint density at radius 1 is 1.22 bits per heavy atom. The summed E-state index contributed by atoms with van der Waals surface area (Å²) >= 11 is 0. The Kier molecular flexibility index (Phi) is 7.29. The molecule has 1 aliphatic rings. The number of nitrogens with one attached hydrogen (secondary N) is 2. The van der Waals surface area contributed by atoms with Gasteiger partial charge in [-0.25, -0.2) is 9.18 Å². The summed E-state index contributed by atoms with van der Waals surface area (Å²) < 4.78 is 18.5. The van der Waals surface area contributed by atoms with E-state index in [1.807, 2.05) is 0 Å². The van der Waals surface area contributed by atoms with Gasteiger partial charge in [-0.05, 0) is 37.5 Å². The average Bonchev–Trinajstić information content (AvgIpc) is 2.85. The van der Waals surface area contributed by atoms with Crippen molar-refractivity contribution < 1.29 is 23.5 Å². The number of carbonyl (C=O) groups is 3. The monoisotopic (exact) mass is 379 g/mol. The standard InChI is InChI=1S/C19H26FN3O4/c1-3-4-11-27-12-5-10-21-16(24)13-23-17(25)19(2,22-18(23)26)14-6-8-15(20)9-7-14/h6-9H,3-5,10-13H2,1-2H3,(H,21,24)(H,22,26). The van der Waals surface area contributed by atoms with E-state index < -0.39 is 29.2 Å². The number of hydrogen-bond donors (Lipinski definition) is 2. The van der Waals surface area contributed by atoms with Gasteiger partial charge in [0.15, 0.2) is 0 Å². The fourth-order valence-corrected chi connectivity index (χ4v) is 2.77. The van der Waals surface area contributed by atoms with Gasteiger partial charge in [0.05, 0.1) is 0 Å². The first-order valence-electron chi connectivity index (χ1n) is 9.13. The molecule has 2 N–H and O–H groups in total. The molecule has 1 atom stereocenters. The molecule has 0 aliphatic carbocycles. The minimum atomic E-state index is -1.32. The molecule has 4 amide bonds. The Balaban J connectivity index is 1.84. The van der Waals surface area contributed by atoms with Crippen molar-refractivity contribution in [3.05, 3.63) is 35.6 Å². The molecule has 1 saturated heterocycles. The molecule has 1 unspecified atom stereocenters. The molecule has 1 heterocycles. The zero-order valence-corrected chi connectivity index (χ0v) is 15.7. The van der Waals surface area contributed by atoms with Gasteiger partial charge in [-0.3, -0.25) is 14.5 Å². The number of halogens is 1. The number of imide groups is 1. The number of urea groups is 1. The summed E-state index contributed by atoms with van der Waals surface area (Å²) in [6, 6.07) is 4.67. The second kappa shape index (κ2) is 9.45. The number of nitrogens with zero attached hydrogens (tertiary/aromatic N) is 1. The lowest BCUT2D eigenvalue weighted by Crippen LogP contribution is -2.43. The Bertz CT molecular complexity index is 680. The highest BCUT2D eigenvalue weighted by molar-refractivity contribution is 6.09. The van der Waals surface area contributed by atoms with E-state index in [2.05, 4.69) is 17.6 Å². The molecular formula is C19H26FN3O4. The van der Waals surface area contributed by atoms with E-state index in [-0.39, 0.29) is 6.54 Å². The van der Waals surface area contributed by atoms with Gasteiger partial charge in [0.2, 0.25) is 5.91 Å². The number of benzene rings is 1. The van der Waals surface area contributed by atoms with Gasteiger partial charge in [-0.2, -0.15) is 0 Å². The largest absolute Gasteiger partial charge is 0.381 e. The van der Waals surface area contributed by atoms with E-state index in [1.54, 1.807) is 0 Å². The molecule has 0 aromatic heterocycles. The molecule has 8 heteroatoms. The van der Waals surface area contributed by atoms with Crippen molar-refractivity contribution in [3.63, 3.8) is 0 Å². The molecule has 148 valence electrons. The number of rotatable bonds is 10. The van der Waals surface area contributed by atoms with Gasteiger partial charge in [-0.1, -0.05) is 25.5 Å². The third kappa shape index (κ3) is 5.26. The van der Waals surface area contributed by atoms with Crippen LogP contribution in [0.1, 0.15) is 38.7 Å². The van der Waals surface area contributed by atoms with Crippen LogP contribution in [0.3, 0.4) is 0 Å².